The molecule has 122 valence electrons. The normalized spacial score (nSPS) is 11.1. The fraction of sp³-hybridized carbons (Fsp3) is 0.333. The standard InChI is InChI=1S/C15H19N5O3/c1-15(2,3)14(22)17-8-6-5-7-9(23-4)10(8)11-12(13(16)21)19-20-18-11/h5-7H,1-4H3,(H2,16,21)(H,17,22)(H,18,19,20). The van der Waals surface area contributed by atoms with Gasteiger partial charge in [-0.05, 0) is 12.1 Å². The number of ether oxygens (including phenoxy) is 1. The Hall–Kier alpha value is -2.90. The highest BCUT2D eigenvalue weighted by Gasteiger charge is 2.26. The minimum Gasteiger partial charge on any atom is -0.496 e. The molecule has 0 aliphatic rings. The summed E-state index contributed by atoms with van der Waals surface area (Å²) in [6, 6.07) is 5.12. The van der Waals surface area contributed by atoms with Gasteiger partial charge in [0.15, 0.2) is 5.69 Å². The van der Waals surface area contributed by atoms with Gasteiger partial charge < -0.3 is 15.8 Å². The van der Waals surface area contributed by atoms with Gasteiger partial charge in [-0.1, -0.05) is 26.8 Å². The molecule has 2 aromatic rings. The molecule has 23 heavy (non-hydrogen) atoms. The van der Waals surface area contributed by atoms with Gasteiger partial charge in [0.05, 0.1) is 18.4 Å². The number of benzene rings is 1. The third-order valence-electron chi connectivity index (χ3n) is 3.19. The molecule has 8 heteroatoms. The fourth-order valence-electron chi connectivity index (χ4n) is 1.94. The molecule has 0 aliphatic carbocycles. The number of hydrogen-bond acceptors (Lipinski definition) is 5. The molecular weight excluding hydrogens is 298 g/mol. The molecule has 1 aromatic heterocycles. The summed E-state index contributed by atoms with van der Waals surface area (Å²) in [7, 11) is 1.48. The maximum absolute atomic E-state index is 12.3. The lowest BCUT2D eigenvalue weighted by Gasteiger charge is -2.20. The number of nitrogens with zero attached hydrogens (tertiary/aromatic N) is 2. The number of hydrogen-bond donors (Lipinski definition) is 3. The van der Waals surface area contributed by atoms with Crippen molar-refractivity contribution >= 4 is 17.5 Å². The molecule has 0 fully saturated rings. The quantitative estimate of drug-likeness (QED) is 0.789. The van der Waals surface area contributed by atoms with Gasteiger partial charge in [-0.25, -0.2) is 0 Å². The molecule has 2 rings (SSSR count). The maximum atomic E-state index is 12.3. The van der Waals surface area contributed by atoms with E-state index in [9.17, 15) is 9.59 Å². The Balaban J connectivity index is 2.59. The van der Waals surface area contributed by atoms with E-state index in [-0.39, 0.29) is 17.3 Å². The second-order valence-corrected chi connectivity index (χ2v) is 5.97. The Morgan fingerprint density at radius 2 is 1.96 bits per heavy atom. The van der Waals surface area contributed by atoms with E-state index in [1.54, 1.807) is 39.0 Å². The van der Waals surface area contributed by atoms with Crippen LogP contribution in [-0.2, 0) is 4.79 Å². The van der Waals surface area contributed by atoms with E-state index in [2.05, 4.69) is 20.7 Å². The number of methoxy groups -OCH3 is 1. The van der Waals surface area contributed by atoms with Crippen molar-refractivity contribution in [2.45, 2.75) is 20.8 Å². The Labute approximate surface area is 133 Å². The SMILES string of the molecule is COc1cccc(NC(=O)C(C)(C)C)c1-c1n[nH]nc1C(N)=O. The number of nitrogens with one attached hydrogen (secondary N) is 2. The number of rotatable bonds is 4. The summed E-state index contributed by atoms with van der Waals surface area (Å²) in [4.78, 5) is 23.8. The first kappa shape index (κ1) is 16.5. The number of carbonyl (C=O) groups excluding carboxylic acids is 2. The summed E-state index contributed by atoms with van der Waals surface area (Å²) in [6.45, 7) is 5.40. The van der Waals surface area contributed by atoms with E-state index in [0.717, 1.165) is 0 Å². The number of carbonyl (C=O) groups is 2. The van der Waals surface area contributed by atoms with Crippen LogP contribution in [-0.4, -0.2) is 34.3 Å². The zero-order chi connectivity index (χ0) is 17.2. The summed E-state index contributed by atoms with van der Waals surface area (Å²) in [6.07, 6.45) is 0. The van der Waals surface area contributed by atoms with Crippen molar-refractivity contribution in [1.82, 2.24) is 15.4 Å². The van der Waals surface area contributed by atoms with E-state index in [0.29, 0.717) is 17.0 Å². The summed E-state index contributed by atoms with van der Waals surface area (Å²) >= 11 is 0. The summed E-state index contributed by atoms with van der Waals surface area (Å²) < 4.78 is 5.33. The third-order valence-corrected chi connectivity index (χ3v) is 3.19. The lowest BCUT2D eigenvalue weighted by molar-refractivity contribution is -0.123. The minimum atomic E-state index is -0.729. The molecular formula is C15H19N5O3. The van der Waals surface area contributed by atoms with Gasteiger partial charge in [0.2, 0.25) is 5.91 Å². The van der Waals surface area contributed by atoms with E-state index in [4.69, 9.17) is 10.5 Å². The van der Waals surface area contributed by atoms with Crippen LogP contribution in [0, 0.1) is 5.41 Å². The number of aromatic nitrogens is 3. The molecule has 8 nitrogen and oxygen atoms in total. The van der Waals surface area contributed by atoms with Crippen LogP contribution in [0.4, 0.5) is 5.69 Å². The van der Waals surface area contributed by atoms with Crippen LogP contribution in [0.15, 0.2) is 18.2 Å². The van der Waals surface area contributed by atoms with Crippen LogP contribution in [0.2, 0.25) is 0 Å². The number of aromatic amines is 1. The highest BCUT2D eigenvalue weighted by Crippen LogP contribution is 2.37. The molecule has 0 atom stereocenters. The maximum Gasteiger partial charge on any atom is 0.271 e. The van der Waals surface area contributed by atoms with Gasteiger partial charge in [-0.2, -0.15) is 15.4 Å². The van der Waals surface area contributed by atoms with Crippen molar-refractivity contribution in [2.24, 2.45) is 11.1 Å². The Bertz CT molecular complexity index is 746. The van der Waals surface area contributed by atoms with Crippen molar-refractivity contribution in [3.8, 4) is 17.0 Å². The summed E-state index contributed by atoms with van der Waals surface area (Å²) in [5.74, 6) is -0.475. The highest BCUT2D eigenvalue weighted by atomic mass is 16.5. The molecule has 0 spiro atoms. The number of primary amides is 1. The average Bonchev–Trinajstić information content (AvgIpc) is 2.95. The molecule has 0 bridgehead atoms. The Kier molecular flexibility index (Phi) is 4.35. The predicted molar refractivity (Wildman–Crippen MR) is 85.0 cm³/mol. The molecule has 0 aliphatic heterocycles. The first-order valence-electron chi connectivity index (χ1n) is 6.95. The fourth-order valence-corrected chi connectivity index (χ4v) is 1.94. The van der Waals surface area contributed by atoms with E-state index in [1.165, 1.54) is 7.11 Å². The molecule has 0 radical (unpaired) electrons. The Morgan fingerprint density at radius 3 is 2.52 bits per heavy atom. The molecule has 0 saturated carbocycles. The van der Waals surface area contributed by atoms with Gasteiger partial charge in [0.25, 0.3) is 5.91 Å². The van der Waals surface area contributed by atoms with Crippen molar-refractivity contribution < 1.29 is 14.3 Å². The van der Waals surface area contributed by atoms with E-state index < -0.39 is 11.3 Å². The first-order chi connectivity index (χ1) is 10.8. The van der Waals surface area contributed by atoms with Crippen LogP contribution >= 0.6 is 0 Å². The van der Waals surface area contributed by atoms with Crippen LogP contribution in [0.3, 0.4) is 0 Å². The summed E-state index contributed by atoms with van der Waals surface area (Å²) in [5.41, 5.74) is 5.83. The van der Waals surface area contributed by atoms with Crippen LogP contribution < -0.4 is 15.8 Å². The Morgan fingerprint density at radius 1 is 1.26 bits per heavy atom. The van der Waals surface area contributed by atoms with Crippen LogP contribution in [0.1, 0.15) is 31.3 Å². The smallest absolute Gasteiger partial charge is 0.271 e. The van der Waals surface area contributed by atoms with Gasteiger partial charge in [0, 0.05) is 5.41 Å². The van der Waals surface area contributed by atoms with Crippen molar-refractivity contribution in [3.05, 3.63) is 23.9 Å². The van der Waals surface area contributed by atoms with E-state index in [1.807, 2.05) is 0 Å². The topological polar surface area (TPSA) is 123 Å². The molecule has 0 unspecified atom stereocenters. The largest absolute Gasteiger partial charge is 0.496 e. The van der Waals surface area contributed by atoms with Gasteiger partial charge in [-0.3, -0.25) is 9.59 Å². The predicted octanol–water partition coefficient (Wildman–Crippen LogP) is 1.56. The second kappa shape index (κ2) is 6.07. The average molecular weight is 317 g/mol. The van der Waals surface area contributed by atoms with Crippen molar-refractivity contribution in [1.29, 1.82) is 0 Å². The zero-order valence-corrected chi connectivity index (χ0v) is 13.4. The summed E-state index contributed by atoms with van der Waals surface area (Å²) in [5, 5.41) is 12.9. The zero-order valence-electron chi connectivity index (χ0n) is 13.4. The molecule has 1 aromatic carbocycles. The number of amides is 2. The highest BCUT2D eigenvalue weighted by molar-refractivity contribution is 6.03. The van der Waals surface area contributed by atoms with Gasteiger partial charge in [-0.15, -0.1) is 0 Å². The van der Waals surface area contributed by atoms with Crippen molar-refractivity contribution in [3.63, 3.8) is 0 Å². The van der Waals surface area contributed by atoms with Crippen molar-refractivity contribution in [2.75, 3.05) is 12.4 Å². The van der Waals surface area contributed by atoms with Gasteiger partial charge in [0.1, 0.15) is 11.4 Å². The van der Waals surface area contributed by atoms with Crippen LogP contribution in [0.25, 0.3) is 11.3 Å². The molecule has 2 amide bonds. The first-order valence-corrected chi connectivity index (χ1v) is 6.95. The minimum absolute atomic E-state index is 0.0271. The molecule has 0 saturated heterocycles. The lowest BCUT2D eigenvalue weighted by atomic mass is 9.95. The number of nitrogens with two attached hydrogens (primary N) is 1. The molecule has 4 N–H and O–H groups in total. The van der Waals surface area contributed by atoms with Crippen LogP contribution in [0.5, 0.6) is 5.75 Å². The number of H-pyrrole nitrogens is 1. The van der Waals surface area contributed by atoms with E-state index >= 15 is 0 Å². The van der Waals surface area contributed by atoms with Gasteiger partial charge >= 0.3 is 0 Å². The lowest BCUT2D eigenvalue weighted by Crippen LogP contribution is -2.28. The molecule has 1 heterocycles. The monoisotopic (exact) mass is 317 g/mol. The third kappa shape index (κ3) is 3.31. The second-order valence-electron chi connectivity index (χ2n) is 5.97. The number of anilines is 1.